The van der Waals surface area contributed by atoms with E-state index in [0.717, 1.165) is 116 Å². The van der Waals surface area contributed by atoms with Gasteiger partial charge in [-0.15, -0.1) is 0 Å². The molecule has 1 atom stereocenters. The highest BCUT2D eigenvalue weighted by Crippen LogP contribution is 2.16. The van der Waals surface area contributed by atoms with Gasteiger partial charge in [0.2, 0.25) is 0 Å². The van der Waals surface area contributed by atoms with Crippen LogP contribution in [0.1, 0.15) is 290 Å². The van der Waals surface area contributed by atoms with Gasteiger partial charge in [-0.1, -0.05) is 301 Å². The van der Waals surface area contributed by atoms with Crippen molar-refractivity contribution in [3.05, 3.63) is 158 Å². The lowest BCUT2D eigenvalue weighted by Crippen LogP contribution is -2.30. The number of hydrogen-bond acceptors (Lipinski definition) is 6. The van der Waals surface area contributed by atoms with Crippen molar-refractivity contribution in [3.63, 3.8) is 0 Å². The Morgan fingerprint density at radius 2 is 0.518 bits per heavy atom. The van der Waals surface area contributed by atoms with Crippen molar-refractivity contribution < 1.29 is 28.6 Å². The summed E-state index contributed by atoms with van der Waals surface area (Å²) in [6.07, 6.45) is 102. The number of ether oxygens (including phenoxy) is 3. The molecule has 0 saturated carbocycles. The maximum atomic E-state index is 12.9. The largest absolute Gasteiger partial charge is 0.462 e. The predicted molar refractivity (Wildman–Crippen MR) is 362 cm³/mol. The molecule has 0 spiro atoms. The van der Waals surface area contributed by atoms with Gasteiger partial charge in [0.25, 0.3) is 0 Å². The minimum atomic E-state index is -0.844. The summed E-state index contributed by atoms with van der Waals surface area (Å²) in [4.78, 5) is 38.3. The summed E-state index contributed by atoms with van der Waals surface area (Å²) in [6, 6.07) is 0. The Labute approximate surface area is 511 Å². The van der Waals surface area contributed by atoms with E-state index < -0.39 is 12.1 Å². The van der Waals surface area contributed by atoms with Crippen molar-refractivity contribution in [2.45, 2.75) is 297 Å². The smallest absolute Gasteiger partial charge is 0.309 e. The molecule has 0 radical (unpaired) electrons. The van der Waals surface area contributed by atoms with Gasteiger partial charge in [-0.25, -0.2) is 0 Å². The highest BCUT2D eigenvalue weighted by molar-refractivity contribution is 5.72. The van der Waals surface area contributed by atoms with Gasteiger partial charge in [0.05, 0.1) is 6.42 Å². The summed E-state index contributed by atoms with van der Waals surface area (Å²) in [6.45, 7) is 6.29. The van der Waals surface area contributed by atoms with Gasteiger partial charge in [-0.3, -0.25) is 14.4 Å². The molecular formula is C77H124O6. The van der Waals surface area contributed by atoms with Crippen LogP contribution in [-0.2, 0) is 28.6 Å². The van der Waals surface area contributed by atoms with E-state index >= 15 is 0 Å². The van der Waals surface area contributed by atoms with Crippen molar-refractivity contribution in [1.82, 2.24) is 0 Å². The van der Waals surface area contributed by atoms with Crippen LogP contribution in [-0.4, -0.2) is 37.2 Å². The molecular weight excluding hydrogens is 1020 g/mol. The topological polar surface area (TPSA) is 78.9 Å². The molecule has 0 aromatic rings. The van der Waals surface area contributed by atoms with Crippen LogP contribution in [0.3, 0.4) is 0 Å². The van der Waals surface area contributed by atoms with Gasteiger partial charge >= 0.3 is 17.9 Å². The van der Waals surface area contributed by atoms with Gasteiger partial charge in [-0.2, -0.15) is 0 Å². The van der Waals surface area contributed by atoms with E-state index in [1.165, 1.54) is 128 Å². The van der Waals surface area contributed by atoms with Gasteiger partial charge < -0.3 is 14.2 Å². The molecule has 0 aliphatic heterocycles. The van der Waals surface area contributed by atoms with Gasteiger partial charge in [0, 0.05) is 12.8 Å². The minimum absolute atomic E-state index is 0.113. The Bertz CT molecular complexity index is 1840. The molecule has 6 heteroatoms. The molecule has 0 bridgehead atoms. The first-order valence-corrected chi connectivity index (χ1v) is 34.0. The molecule has 1 unspecified atom stereocenters. The fraction of sp³-hybridized carbons (Fsp3) is 0.623. The maximum absolute atomic E-state index is 12.9. The monoisotopic (exact) mass is 1140 g/mol. The van der Waals surface area contributed by atoms with E-state index in [4.69, 9.17) is 14.2 Å². The van der Waals surface area contributed by atoms with Gasteiger partial charge in [-0.05, 0) is 128 Å². The maximum Gasteiger partial charge on any atom is 0.309 e. The summed E-state index contributed by atoms with van der Waals surface area (Å²) in [5.74, 6) is -1.09. The average Bonchev–Trinajstić information content (AvgIpc) is 3.49. The Morgan fingerprint density at radius 3 is 0.855 bits per heavy atom. The molecule has 0 amide bonds. The third-order valence-electron chi connectivity index (χ3n) is 14.0. The van der Waals surface area contributed by atoms with Gasteiger partial charge in [0.1, 0.15) is 13.2 Å². The van der Waals surface area contributed by atoms with Crippen LogP contribution in [0.15, 0.2) is 158 Å². The lowest BCUT2D eigenvalue weighted by atomic mass is 10.0. The fourth-order valence-electron chi connectivity index (χ4n) is 9.02. The number of carbonyl (C=O) groups excluding carboxylic acids is 3. The van der Waals surface area contributed by atoms with Crippen LogP contribution < -0.4 is 0 Å². The minimum Gasteiger partial charge on any atom is -0.462 e. The highest BCUT2D eigenvalue weighted by Gasteiger charge is 2.19. The predicted octanol–water partition coefficient (Wildman–Crippen LogP) is 23.7. The summed E-state index contributed by atoms with van der Waals surface area (Å²) >= 11 is 0. The molecule has 0 N–H and O–H groups in total. The molecule has 0 aromatic heterocycles. The molecule has 0 rings (SSSR count). The lowest BCUT2D eigenvalue weighted by Gasteiger charge is -2.18. The number of allylic oxidation sites excluding steroid dienone is 25. The fourth-order valence-corrected chi connectivity index (χ4v) is 9.02. The van der Waals surface area contributed by atoms with Crippen LogP contribution in [0.25, 0.3) is 0 Å². The van der Waals surface area contributed by atoms with Crippen molar-refractivity contribution in [1.29, 1.82) is 0 Å². The Morgan fingerprint density at radius 1 is 0.265 bits per heavy atom. The lowest BCUT2D eigenvalue weighted by molar-refractivity contribution is -0.166. The van der Waals surface area contributed by atoms with E-state index in [9.17, 15) is 14.4 Å². The number of carbonyl (C=O) groups is 3. The van der Waals surface area contributed by atoms with Crippen LogP contribution in [0.4, 0.5) is 0 Å². The molecule has 0 aliphatic rings. The number of unbranched alkanes of at least 4 members (excludes halogenated alkanes) is 24. The van der Waals surface area contributed by atoms with Crippen LogP contribution in [0.2, 0.25) is 0 Å². The third-order valence-corrected chi connectivity index (χ3v) is 14.0. The second kappa shape index (κ2) is 69.5. The standard InChI is InChI=1S/C77H124O6/c1-4-7-10-13-16-19-22-25-28-30-32-33-34-35-36-37-38-39-40-41-42-43-45-46-49-52-55-58-61-64-67-70-76(79)82-73-74(72-81-75(78)69-66-63-60-57-54-51-48-27-24-21-18-15-12-9-6-3)83-77(80)71-68-65-62-59-56-53-50-47-44-31-29-26-23-20-17-14-11-8-5-2/h8-9,11-12,17-18,20-22,25-27,29-30,32,34-35,44,47-48,53-54,56-57,63,66,74H,4-7,10,13-16,19,23-24,28,31,33,36-43,45-46,49-52,55,58-62,64-65,67-73H2,1-3H3/b11-8-,12-9-,20-17-,21-18-,25-22-,29-26-,32-30-,35-34-,47-44-,48-27-,56-53-,57-54-,66-63-. The molecule has 83 heavy (non-hydrogen) atoms. The highest BCUT2D eigenvalue weighted by atomic mass is 16.6. The molecule has 0 aromatic carbocycles. The zero-order valence-corrected chi connectivity index (χ0v) is 53.7. The van der Waals surface area contributed by atoms with E-state index in [1.54, 1.807) is 6.08 Å². The van der Waals surface area contributed by atoms with Gasteiger partial charge in [0.15, 0.2) is 6.10 Å². The quantitative estimate of drug-likeness (QED) is 0.0261. The van der Waals surface area contributed by atoms with E-state index in [0.29, 0.717) is 12.8 Å². The summed E-state index contributed by atoms with van der Waals surface area (Å²) in [5.41, 5.74) is 0. The summed E-state index contributed by atoms with van der Waals surface area (Å²) < 4.78 is 16.8. The van der Waals surface area contributed by atoms with Crippen molar-refractivity contribution >= 4 is 17.9 Å². The van der Waals surface area contributed by atoms with Crippen LogP contribution >= 0.6 is 0 Å². The van der Waals surface area contributed by atoms with Crippen molar-refractivity contribution in [2.75, 3.05) is 13.2 Å². The Hall–Kier alpha value is -4.97. The molecule has 468 valence electrons. The number of rotatable bonds is 60. The second-order valence-electron chi connectivity index (χ2n) is 22.0. The third kappa shape index (κ3) is 67.7. The van der Waals surface area contributed by atoms with Crippen LogP contribution in [0.5, 0.6) is 0 Å². The molecule has 0 heterocycles. The Kier molecular flexibility index (Phi) is 65.4. The second-order valence-corrected chi connectivity index (χ2v) is 22.0. The average molecular weight is 1150 g/mol. The molecule has 0 fully saturated rings. The molecule has 0 aliphatic carbocycles. The van der Waals surface area contributed by atoms with Crippen molar-refractivity contribution in [2.24, 2.45) is 0 Å². The molecule has 0 saturated heterocycles. The van der Waals surface area contributed by atoms with Crippen molar-refractivity contribution in [3.8, 4) is 0 Å². The Balaban J connectivity index is 4.37. The first-order valence-electron chi connectivity index (χ1n) is 34.0. The molecule has 6 nitrogen and oxygen atoms in total. The summed E-state index contributed by atoms with van der Waals surface area (Å²) in [5, 5.41) is 0. The SMILES string of the molecule is CC/C=C\C/C=C\C/C=C\C/C=C\C/C=C\CCCCCC(=O)OC(COC(=O)C/C=C\C/C=C\C/C=C\C/C=C\C/C=C\CC)COC(=O)CCCCCCCCCCCCCCCCCC/C=C\C/C=C\C/C=C\CCCCCCC. The normalized spacial score (nSPS) is 13.1. The van der Waals surface area contributed by atoms with E-state index in [-0.39, 0.29) is 38.0 Å². The van der Waals surface area contributed by atoms with E-state index in [1.807, 2.05) is 6.08 Å². The first kappa shape index (κ1) is 78.0. The first-order chi connectivity index (χ1) is 41.0. The number of hydrogen-bond donors (Lipinski definition) is 0. The van der Waals surface area contributed by atoms with Crippen LogP contribution in [0, 0.1) is 0 Å². The number of esters is 3. The zero-order valence-electron chi connectivity index (χ0n) is 53.7. The van der Waals surface area contributed by atoms with E-state index in [2.05, 4.69) is 167 Å². The summed E-state index contributed by atoms with van der Waals surface area (Å²) in [7, 11) is 0. The zero-order chi connectivity index (χ0) is 59.9.